The molecular weight excluding hydrogens is 370 g/mol. The van der Waals surface area contributed by atoms with E-state index in [1.54, 1.807) is 36.4 Å². The molecular formula is C19H16ClN3O4. The molecule has 1 aliphatic heterocycles. The summed E-state index contributed by atoms with van der Waals surface area (Å²) in [5.41, 5.74) is 1.29. The second-order valence-electron chi connectivity index (χ2n) is 6.01. The van der Waals surface area contributed by atoms with Crippen molar-refractivity contribution in [3.63, 3.8) is 0 Å². The zero-order valence-electron chi connectivity index (χ0n) is 14.4. The number of halogens is 1. The first kappa shape index (κ1) is 18.6. The lowest BCUT2D eigenvalue weighted by molar-refractivity contribution is -0.130. The number of urea groups is 1. The average Bonchev–Trinajstić information content (AvgIpc) is 2.63. The lowest BCUT2D eigenvalue weighted by Gasteiger charge is -2.30. The minimum absolute atomic E-state index is 0.0864. The van der Waals surface area contributed by atoms with Crippen LogP contribution in [0.1, 0.15) is 17.3 Å². The van der Waals surface area contributed by atoms with Gasteiger partial charge in [-0.2, -0.15) is 0 Å². The Morgan fingerprint density at radius 2 is 1.70 bits per heavy atom. The van der Waals surface area contributed by atoms with Gasteiger partial charge in [-0.15, -0.1) is 0 Å². The van der Waals surface area contributed by atoms with Gasteiger partial charge in [0.25, 0.3) is 0 Å². The van der Waals surface area contributed by atoms with Crippen molar-refractivity contribution in [3.05, 3.63) is 59.1 Å². The lowest BCUT2D eigenvalue weighted by Crippen LogP contribution is -2.58. The number of hydrogen-bond acceptors (Lipinski definition) is 4. The van der Waals surface area contributed by atoms with Crippen LogP contribution >= 0.6 is 11.6 Å². The van der Waals surface area contributed by atoms with Crippen LogP contribution in [0, 0.1) is 5.92 Å². The van der Waals surface area contributed by atoms with Crippen molar-refractivity contribution in [2.24, 2.45) is 5.92 Å². The lowest BCUT2D eigenvalue weighted by atomic mass is 10.0. The van der Waals surface area contributed by atoms with Gasteiger partial charge < -0.3 is 10.6 Å². The summed E-state index contributed by atoms with van der Waals surface area (Å²) in [5.74, 6) is -2.34. The summed E-state index contributed by atoms with van der Waals surface area (Å²) in [5, 5.41) is 5.64. The minimum Gasteiger partial charge on any atom is -0.336 e. The van der Waals surface area contributed by atoms with Crippen molar-refractivity contribution in [3.8, 4) is 0 Å². The van der Waals surface area contributed by atoms with Crippen molar-refractivity contribution in [2.75, 3.05) is 16.8 Å². The van der Waals surface area contributed by atoms with Crippen LogP contribution in [-0.2, 0) is 9.59 Å². The first-order chi connectivity index (χ1) is 12.9. The summed E-state index contributed by atoms with van der Waals surface area (Å²) >= 11 is 5.83. The maximum absolute atomic E-state index is 12.7. The number of anilines is 2. The van der Waals surface area contributed by atoms with Gasteiger partial charge in [0.2, 0.25) is 11.8 Å². The van der Waals surface area contributed by atoms with Crippen LogP contribution in [0.25, 0.3) is 0 Å². The Labute approximate surface area is 160 Å². The molecule has 0 spiro atoms. The Kier molecular flexibility index (Phi) is 5.23. The van der Waals surface area contributed by atoms with Crippen LogP contribution in [-0.4, -0.2) is 30.2 Å². The fourth-order valence-corrected chi connectivity index (χ4v) is 2.79. The molecule has 1 saturated heterocycles. The van der Waals surface area contributed by atoms with Crippen LogP contribution in [0.3, 0.4) is 0 Å². The van der Waals surface area contributed by atoms with Gasteiger partial charge in [0, 0.05) is 22.8 Å². The van der Waals surface area contributed by atoms with Crippen molar-refractivity contribution in [1.29, 1.82) is 0 Å². The maximum atomic E-state index is 12.7. The molecule has 0 aliphatic carbocycles. The first-order valence-electron chi connectivity index (χ1n) is 8.16. The number of carbonyl (C=O) groups excluding carboxylic acids is 4. The number of nitrogens with zero attached hydrogens (tertiary/aromatic N) is 1. The molecule has 1 atom stereocenters. The van der Waals surface area contributed by atoms with Crippen molar-refractivity contribution in [1.82, 2.24) is 5.32 Å². The van der Waals surface area contributed by atoms with E-state index in [2.05, 4.69) is 10.6 Å². The third kappa shape index (κ3) is 3.98. The number of nitrogens with one attached hydrogen (secondary N) is 2. The Morgan fingerprint density at radius 3 is 2.30 bits per heavy atom. The Balaban J connectivity index is 1.76. The number of Topliss-reactive ketones (excluding diaryl/α,β-unsaturated/α-hetero) is 1. The van der Waals surface area contributed by atoms with E-state index in [1.807, 2.05) is 0 Å². The standard InChI is InChI=1S/C19H16ClN3O4/c1-11(24)12-2-6-14(7-3-12)22-17(25)16-10-21-19(27)23(18(16)26)15-8-4-13(20)5-9-15/h2-9,16H,10H2,1H3,(H,21,27)(H,22,25). The molecule has 2 aromatic rings. The zero-order chi connectivity index (χ0) is 19.6. The van der Waals surface area contributed by atoms with Crippen LogP contribution in [0.2, 0.25) is 5.02 Å². The number of hydrogen-bond donors (Lipinski definition) is 2. The van der Waals surface area contributed by atoms with Gasteiger partial charge in [-0.3, -0.25) is 14.4 Å². The largest absolute Gasteiger partial charge is 0.336 e. The van der Waals surface area contributed by atoms with Gasteiger partial charge in [-0.1, -0.05) is 11.6 Å². The van der Waals surface area contributed by atoms with Gasteiger partial charge >= 0.3 is 6.03 Å². The van der Waals surface area contributed by atoms with Gasteiger partial charge in [-0.25, -0.2) is 9.69 Å². The van der Waals surface area contributed by atoms with Gasteiger partial charge in [-0.05, 0) is 55.5 Å². The van der Waals surface area contributed by atoms with Gasteiger partial charge in [0.05, 0.1) is 5.69 Å². The van der Waals surface area contributed by atoms with E-state index in [9.17, 15) is 19.2 Å². The number of rotatable bonds is 4. The fourth-order valence-electron chi connectivity index (χ4n) is 2.67. The molecule has 1 aliphatic rings. The summed E-state index contributed by atoms with van der Waals surface area (Å²) in [7, 11) is 0. The molecule has 0 saturated carbocycles. The van der Waals surface area contributed by atoms with E-state index >= 15 is 0 Å². The number of amides is 4. The zero-order valence-corrected chi connectivity index (χ0v) is 15.1. The minimum atomic E-state index is -1.08. The van der Waals surface area contributed by atoms with Crippen LogP contribution in [0.5, 0.6) is 0 Å². The highest BCUT2D eigenvalue weighted by Crippen LogP contribution is 2.23. The summed E-state index contributed by atoms with van der Waals surface area (Å²) in [6.07, 6.45) is 0. The number of benzene rings is 2. The summed E-state index contributed by atoms with van der Waals surface area (Å²) in [4.78, 5) is 49.6. The van der Waals surface area contributed by atoms with Gasteiger partial charge in [0.1, 0.15) is 5.92 Å². The molecule has 3 rings (SSSR count). The molecule has 1 heterocycles. The summed E-state index contributed by atoms with van der Waals surface area (Å²) in [6.45, 7) is 1.35. The molecule has 0 aromatic heterocycles. The van der Waals surface area contributed by atoms with E-state index in [1.165, 1.54) is 19.1 Å². The second-order valence-corrected chi connectivity index (χ2v) is 6.45. The molecule has 138 valence electrons. The molecule has 1 fully saturated rings. The molecule has 0 bridgehead atoms. The molecule has 2 N–H and O–H groups in total. The highest BCUT2D eigenvalue weighted by Gasteiger charge is 2.39. The molecule has 8 heteroatoms. The third-order valence-corrected chi connectivity index (χ3v) is 4.39. The number of carbonyl (C=O) groups is 4. The average molecular weight is 386 g/mol. The Morgan fingerprint density at radius 1 is 1.07 bits per heavy atom. The summed E-state index contributed by atoms with van der Waals surface area (Å²) in [6, 6.07) is 11.9. The SMILES string of the molecule is CC(=O)c1ccc(NC(=O)C2CNC(=O)N(c3ccc(Cl)cc3)C2=O)cc1. The molecule has 1 unspecified atom stereocenters. The van der Waals surface area contributed by atoms with E-state index in [0.29, 0.717) is 22.0 Å². The molecule has 7 nitrogen and oxygen atoms in total. The van der Waals surface area contributed by atoms with E-state index in [4.69, 9.17) is 11.6 Å². The van der Waals surface area contributed by atoms with E-state index < -0.39 is 23.8 Å². The van der Waals surface area contributed by atoms with E-state index in [-0.39, 0.29) is 12.3 Å². The van der Waals surface area contributed by atoms with Crippen LogP contribution < -0.4 is 15.5 Å². The molecule has 4 amide bonds. The summed E-state index contributed by atoms with van der Waals surface area (Å²) < 4.78 is 0. The third-order valence-electron chi connectivity index (χ3n) is 4.14. The second kappa shape index (κ2) is 7.59. The number of ketones is 1. The molecule has 27 heavy (non-hydrogen) atoms. The first-order valence-corrected chi connectivity index (χ1v) is 8.54. The number of imide groups is 1. The highest BCUT2D eigenvalue weighted by molar-refractivity contribution is 6.30. The smallest absolute Gasteiger partial charge is 0.328 e. The maximum Gasteiger partial charge on any atom is 0.328 e. The topological polar surface area (TPSA) is 95.6 Å². The van der Waals surface area contributed by atoms with Crippen molar-refractivity contribution < 1.29 is 19.2 Å². The highest BCUT2D eigenvalue weighted by atomic mass is 35.5. The van der Waals surface area contributed by atoms with Crippen molar-refractivity contribution >= 4 is 46.6 Å². The Hall–Kier alpha value is -3.19. The fraction of sp³-hybridized carbons (Fsp3) is 0.158. The van der Waals surface area contributed by atoms with E-state index in [0.717, 1.165) is 4.90 Å². The van der Waals surface area contributed by atoms with Crippen LogP contribution in [0.4, 0.5) is 16.2 Å². The molecule has 2 aromatic carbocycles. The molecule has 0 radical (unpaired) electrons. The predicted molar refractivity (Wildman–Crippen MR) is 101 cm³/mol. The normalized spacial score (nSPS) is 16.7. The monoisotopic (exact) mass is 385 g/mol. The predicted octanol–water partition coefficient (Wildman–Crippen LogP) is 2.85. The van der Waals surface area contributed by atoms with Crippen LogP contribution in [0.15, 0.2) is 48.5 Å². The van der Waals surface area contributed by atoms with Crippen molar-refractivity contribution in [2.45, 2.75) is 6.92 Å². The Bertz CT molecular complexity index is 910. The van der Waals surface area contributed by atoms with Gasteiger partial charge in [0.15, 0.2) is 5.78 Å². The quantitative estimate of drug-likeness (QED) is 0.624.